The predicted octanol–water partition coefficient (Wildman–Crippen LogP) is 3.55. The third kappa shape index (κ3) is 3.42. The highest BCUT2D eigenvalue weighted by atomic mass is 16.5. The molecule has 4 nitrogen and oxygen atoms in total. The van der Waals surface area contributed by atoms with Crippen LogP contribution in [-0.4, -0.2) is 28.8 Å². The number of fused-ring (bicyclic) bond motifs is 2. The van der Waals surface area contributed by atoms with Crippen molar-refractivity contribution in [1.82, 2.24) is 9.55 Å². The Balaban J connectivity index is 1.51. The molecule has 2 saturated carbocycles. The molecule has 4 unspecified atom stereocenters. The van der Waals surface area contributed by atoms with Gasteiger partial charge in [0.2, 0.25) is 5.95 Å². The zero-order valence-corrected chi connectivity index (χ0v) is 13.4. The van der Waals surface area contributed by atoms with Gasteiger partial charge >= 0.3 is 0 Å². The average Bonchev–Trinajstić information content (AvgIpc) is 3.20. The van der Waals surface area contributed by atoms with Crippen LogP contribution in [0.4, 0.5) is 5.95 Å². The van der Waals surface area contributed by atoms with E-state index in [1.54, 1.807) is 0 Å². The monoisotopic (exact) mass is 291 g/mol. The van der Waals surface area contributed by atoms with Crippen molar-refractivity contribution in [1.29, 1.82) is 0 Å². The largest absolute Gasteiger partial charge is 0.382 e. The number of nitrogens with zero attached hydrogens (tertiary/aromatic N) is 2. The van der Waals surface area contributed by atoms with Crippen LogP contribution >= 0.6 is 0 Å². The van der Waals surface area contributed by atoms with Crippen molar-refractivity contribution in [3.05, 3.63) is 12.4 Å². The van der Waals surface area contributed by atoms with E-state index in [0.29, 0.717) is 6.04 Å². The summed E-state index contributed by atoms with van der Waals surface area (Å²) in [5.41, 5.74) is 0. The van der Waals surface area contributed by atoms with Crippen molar-refractivity contribution in [3.8, 4) is 0 Å². The topological polar surface area (TPSA) is 39.1 Å². The fraction of sp³-hybridized carbons (Fsp3) is 0.824. The molecule has 4 heteroatoms. The lowest BCUT2D eigenvalue weighted by molar-refractivity contribution is 0.142. The zero-order chi connectivity index (χ0) is 14.7. The van der Waals surface area contributed by atoms with Gasteiger partial charge in [-0.05, 0) is 57.3 Å². The molecule has 1 aromatic heterocycles. The number of rotatable bonds is 8. The number of ether oxygens (including phenoxy) is 1. The van der Waals surface area contributed by atoms with E-state index in [0.717, 1.165) is 49.9 Å². The minimum absolute atomic E-state index is 0.536. The molecule has 0 amide bonds. The van der Waals surface area contributed by atoms with Crippen molar-refractivity contribution < 1.29 is 4.74 Å². The van der Waals surface area contributed by atoms with E-state index in [1.165, 1.54) is 25.7 Å². The lowest BCUT2D eigenvalue weighted by atomic mass is 9.84. The van der Waals surface area contributed by atoms with Crippen molar-refractivity contribution in [2.24, 2.45) is 17.8 Å². The molecule has 1 aromatic rings. The van der Waals surface area contributed by atoms with Crippen LogP contribution in [0, 0.1) is 17.8 Å². The summed E-state index contributed by atoms with van der Waals surface area (Å²) in [4.78, 5) is 4.50. The second kappa shape index (κ2) is 6.82. The summed E-state index contributed by atoms with van der Waals surface area (Å²) in [7, 11) is 0. The Bertz CT molecular complexity index is 445. The lowest BCUT2D eigenvalue weighted by Crippen LogP contribution is -2.31. The number of aromatic nitrogens is 2. The molecular weight excluding hydrogens is 262 g/mol. The Morgan fingerprint density at radius 3 is 3.05 bits per heavy atom. The molecule has 1 N–H and O–H groups in total. The highest BCUT2D eigenvalue weighted by Crippen LogP contribution is 2.49. The fourth-order valence-corrected chi connectivity index (χ4v) is 4.33. The lowest BCUT2D eigenvalue weighted by Gasteiger charge is -2.29. The maximum atomic E-state index is 5.41. The van der Waals surface area contributed by atoms with Crippen LogP contribution in [0.5, 0.6) is 0 Å². The summed E-state index contributed by atoms with van der Waals surface area (Å²) in [5.74, 6) is 3.84. The van der Waals surface area contributed by atoms with Crippen LogP contribution in [0.15, 0.2) is 12.4 Å². The molecule has 2 bridgehead atoms. The van der Waals surface area contributed by atoms with Crippen LogP contribution in [0.2, 0.25) is 0 Å². The second-order valence-electron chi connectivity index (χ2n) is 6.77. The summed E-state index contributed by atoms with van der Waals surface area (Å²) in [6.45, 7) is 6.99. The number of anilines is 1. The van der Waals surface area contributed by atoms with Crippen molar-refractivity contribution in [2.45, 2.75) is 58.5 Å². The van der Waals surface area contributed by atoms with Gasteiger partial charge in [0.1, 0.15) is 0 Å². The summed E-state index contributed by atoms with van der Waals surface area (Å²) >= 11 is 0. The van der Waals surface area contributed by atoms with Gasteiger partial charge < -0.3 is 14.6 Å². The third-order valence-corrected chi connectivity index (χ3v) is 5.40. The molecule has 0 spiro atoms. The molecule has 118 valence electrons. The summed E-state index contributed by atoms with van der Waals surface area (Å²) in [6.07, 6.45) is 10.8. The van der Waals surface area contributed by atoms with E-state index in [-0.39, 0.29) is 0 Å². The quantitative estimate of drug-likeness (QED) is 0.745. The molecule has 4 atom stereocenters. The van der Waals surface area contributed by atoms with Gasteiger partial charge in [-0.3, -0.25) is 0 Å². The Morgan fingerprint density at radius 2 is 2.33 bits per heavy atom. The molecule has 3 rings (SSSR count). The highest BCUT2D eigenvalue weighted by Gasteiger charge is 2.41. The first-order chi connectivity index (χ1) is 10.3. The van der Waals surface area contributed by atoms with E-state index in [9.17, 15) is 0 Å². The van der Waals surface area contributed by atoms with E-state index in [2.05, 4.69) is 28.0 Å². The van der Waals surface area contributed by atoms with Crippen LogP contribution in [0.25, 0.3) is 0 Å². The maximum Gasteiger partial charge on any atom is 0.202 e. The van der Waals surface area contributed by atoms with Gasteiger partial charge in [0.15, 0.2) is 0 Å². The summed E-state index contributed by atoms with van der Waals surface area (Å²) in [6, 6.07) is 0.536. The van der Waals surface area contributed by atoms with E-state index in [1.807, 2.05) is 13.1 Å². The van der Waals surface area contributed by atoms with E-state index in [4.69, 9.17) is 4.74 Å². The minimum Gasteiger partial charge on any atom is -0.382 e. The molecule has 2 fully saturated rings. The third-order valence-electron chi connectivity index (χ3n) is 5.40. The van der Waals surface area contributed by atoms with Crippen LogP contribution in [0.1, 0.15) is 46.0 Å². The normalized spacial score (nSPS) is 29.0. The van der Waals surface area contributed by atoms with Crippen molar-refractivity contribution in [3.63, 3.8) is 0 Å². The zero-order valence-electron chi connectivity index (χ0n) is 13.4. The molecule has 0 saturated heterocycles. The summed E-state index contributed by atoms with van der Waals surface area (Å²) < 4.78 is 7.64. The van der Waals surface area contributed by atoms with Gasteiger partial charge in [0.05, 0.1) is 0 Å². The van der Waals surface area contributed by atoms with Gasteiger partial charge in [0, 0.05) is 38.2 Å². The maximum absolute atomic E-state index is 5.41. The van der Waals surface area contributed by atoms with Gasteiger partial charge in [0.25, 0.3) is 0 Å². The Hall–Kier alpha value is -1.03. The predicted molar refractivity (Wildman–Crippen MR) is 85.4 cm³/mol. The smallest absolute Gasteiger partial charge is 0.202 e. The van der Waals surface area contributed by atoms with Crippen molar-refractivity contribution >= 4 is 5.95 Å². The molecular formula is C17H29N3O. The second-order valence-corrected chi connectivity index (χ2v) is 6.77. The number of imidazole rings is 1. The van der Waals surface area contributed by atoms with Gasteiger partial charge in [-0.2, -0.15) is 0 Å². The first kappa shape index (κ1) is 14.9. The Kier molecular flexibility index (Phi) is 4.84. The Morgan fingerprint density at radius 1 is 1.43 bits per heavy atom. The molecule has 0 aromatic carbocycles. The standard InChI is InChI=1S/C17H29N3O/c1-3-21-10-4-8-20-9-7-18-17(20)19-13(2)16-12-14-5-6-15(16)11-14/h7,9,13-16H,3-6,8,10-12H2,1-2H3,(H,18,19). The molecule has 2 aliphatic rings. The first-order valence-corrected chi connectivity index (χ1v) is 8.63. The van der Waals surface area contributed by atoms with Crippen LogP contribution in [-0.2, 0) is 11.3 Å². The van der Waals surface area contributed by atoms with Gasteiger partial charge in [-0.1, -0.05) is 6.42 Å². The molecule has 0 radical (unpaired) electrons. The molecule has 1 heterocycles. The van der Waals surface area contributed by atoms with Gasteiger partial charge in [-0.15, -0.1) is 0 Å². The number of hydrogen-bond acceptors (Lipinski definition) is 3. The SMILES string of the molecule is CCOCCCn1ccnc1NC(C)C1CC2CCC1C2. The Labute approximate surface area is 128 Å². The number of hydrogen-bond donors (Lipinski definition) is 1. The number of aryl methyl sites for hydroxylation is 1. The van der Waals surface area contributed by atoms with Crippen molar-refractivity contribution in [2.75, 3.05) is 18.5 Å². The van der Waals surface area contributed by atoms with Crippen LogP contribution < -0.4 is 5.32 Å². The van der Waals surface area contributed by atoms with E-state index >= 15 is 0 Å². The molecule has 21 heavy (non-hydrogen) atoms. The van der Waals surface area contributed by atoms with Gasteiger partial charge in [-0.25, -0.2) is 4.98 Å². The first-order valence-electron chi connectivity index (χ1n) is 8.63. The highest BCUT2D eigenvalue weighted by molar-refractivity contribution is 5.28. The number of nitrogens with one attached hydrogen (secondary N) is 1. The summed E-state index contributed by atoms with van der Waals surface area (Å²) in [5, 5.41) is 3.67. The van der Waals surface area contributed by atoms with Crippen LogP contribution in [0.3, 0.4) is 0 Å². The molecule has 0 aliphatic heterocycles. The average molecular weight is 291 g/mol. The minimum atomic E-state index is 0.536. The molecule has 2 aliphatic carbocycles. The fourth-order valence-electron chi connectivity index (χ4n) is 4.33. The van der Waals surface area contributed by atoms with E-state index < -0.39 is 0 Å².